The number of amides is 1. The minimum Gasteiger partial charge on any atom is -0.507 e. The molecule has 5 rings (SSSR count). The quantitative estimate of drug-likeness (QED) is 0.148. The predicted octanol–water partition coefficient (Wildman–Crippen LogP) is 5.12. The fourth-order valence-corrected chi connectivity index (χ4v) is 5.44. The Morgan fingerprint density at radius 2 is 1.64 bits per heavy atom. The van der Waals surface area contributed by atoms with Crippen molar-refractivity contribution in [2.24, 2.45) is 0 Å². The van der Waals surface area contributed by atoms with Crippen LogP contribution in [0.5, 0.6) is 11.5 Å². The van der Waals surface area contributed by atoms with Crippen molar-refractivity contribution in [3.63, 3.8) is 0 Å². The lowest BCUT2D eigenvalue weighted by molar-refractivity contribution is -0.132. The van der Waals surface area contributed by atoms with Gasteiger partial charge in [0.15, 0.2) is 5.13 Å². The van der Waals surface area contributed by atoms with Crippen molar-refractivity contribution in [3.8, 4) is 11.5 Å². The lowest BCUT2D eigenvalue weighted by Crippen LogP contribution is -2.29. The van der Waals surface area contributed by atoms with Crippen molar-refractivity contribution in [1.82, 2.24) is 4.98 Å². The van der Waals surface area contributed by atoms with E-state index in [1.165, 1.54) is 23.3 Å². The minimum absolute atomic E-state index is 0.0909. The smallest absolute Gasteiger partial charge is 0.337 e. The Balaban J connectivity index is 1.67. The van der Waals surface area contributed by atoms with E-state index >= 15 is 0 Å². The van der Waals surface area contributed by atoms with Crippen LogP contribution in [0.3, 0.4) is 0 Å². The number of hydrogen-bond donors (Lipinski definition) is 1. The summed E-state index contributed by atoms with van der Waals surface area (Å²) in [6, 6.07) is 17.3. The van der Waals surface area contributed by atoms with Gasteiger partial charge in [0.05, 0.1) is 48.2 Å². The maximum atomic E-state index is 13.5. The van der Waals surface area contributed by atoms with Gasteiger partial charge in [-0.1, -0.05) is 23.5 Å². The molecule has 1 saturated heterocycles. The molecular formula is C29H24N2O7S. The van der Waals surface area contributed by atoms with Gasteiger partial charge in [-0.2, -0.15) is 0 Å². The van der Waals surface area contributed by atoms with E-state index < -0.39 is 23.7 Å². The van der Waals surface area contributed by atoms with Crippen molar-refractivity contribution >= 4 is 50.1 Å². The zero-order valence-electron chi connectivity index (χ0n) is 21.3. The summed E-state index contributed by atoms with van der Waals surface area (Å²) in [6.45, 7) is 2.34. The summed E-state index contributed by atoms with van der Waals surface area (Å²) >= 11 is 1.22. The highest BCUT2D eigenvalue weighted by molar-refractivity contribution is 7.22. The van der Waals surface area contributed by atoms with Crippen molar-refractivity contribution < 1.29 is 33.7 Å². The third-order valence-corrected chi connectivity index (χ3v) is 7.34. The first-order valence-electron chi connectivity index (χ1n) is 12.0. The molecule has 1 amide bonds. The standard InChI is InChI=1S/C29H24N2O7S/c1-4-38-19-11-9-17(10-12-19)25(32)23-24(16-5-7-18(8-6-16)28(35)37-3)31(27(34)26(23)33)29-30-21-14-13-20(36-2)15-22(21)39-29/h5-15,24,32H,4H2,1-3H3/t24-/m0/s1. The lowest BCUT2D eigenvalue weighted by Gasteiger charge is -2.23. The fraction of sp³-hybridized carbons (Fsp3) is 0.172. The molecule has 198 valence electrons. The molecule has 0 spiro atoms. The summed E-state index contributed by atoms with van der Waals surface area (Å²) in [5, 5.41) is 11.6. The second kappa shape index (κ2) is 10.6. The summed E-state index contributed by atoms with van der Waals surface area (Å²) < 4.78 is 16.3. The van der Waals surface area contributed by atoms with Gasteiger partial charge in [-0.25, -0.2) is 9.78 Å². The number of fused-ring (bicyclic) bond motifs is 1. The molecule has 0 radical (unpaired) electrons. The molecule has 0 bridgehead atoms. The predicted molar refractivity (Wildman–Crippen MR) is 146 cm³/mol. The topological polar surface area (TPSA) is 115 Å². The molecule has 0 unspecified atom stereocenters. The second-order valence-electron chi connectivity index (χ2n) is 8.57. The monoisotopic (exact) mass is 544 g/mol. The Bertz CT molecular complexity index is 1610. The third kappa shape index (κ3) is 4.70. The SMILES string of the molecule is CCOc1ccc(C(O)=C2C(=O)C(=O)N(c3nc4ccc(OC)cc4s3)[C@H]2c2ccc(C(=O)OC)cc2)cc1. The summed E-state index contributed by atoms with van der Waals surface area (Å²) in [5.41, 5.74) is 1.69. The number of esters is 1. The molecule has 39 heavy (non-hydrogen) atoms. The molecular weight excluding hydrogens is 520 g/mol. The minimum atomic E-state index is -0.995. The molecule has 1 aliphatic heterocycles. The molecule has 1 aliphatic rings. The first-order chi connectivity index (χ1) is 18.9. The number of carbonyl (C=O) groups is 3. The van der Waals surface area contributed by atoms with Crippen LogP contribution >= 0.6 is 11.3 Å². The van der Waals surface area contributed by atoms with Crippen LogP contribution in [0, 0.1) is 0 Å². The number of aromatic nitrogens is 1. The van der Waals surface area contributed by atoms with Crippen LogP contribution in [0.25, 0.3) is 16.0 Å². The Morgan fingerprint density at radius 1 is 0.974 bits per heavy atom. The Hall–Kier alpha value is -4.70. The summed E-state index contributed by atoms with van der Waals surface area (Å²) in [7, 11) is 2.84. The van der Waals surface area contributed by atoms with Gasteiger partial charge in [0.25, 0.3) is 5.78 Å². The first kappa shape index (κ1) is 25.9. The summed E-state index contributed by atoms with van der Waals surface area (Å²) in [6.07, 6.45) is 0. The van der Waals surface area contributed by atoms with E-state index in [9.17, 15) is 19.5 Å². The molecule has 3 aromatic carbocycles. The van der Waals surface area contributed by atoms with Gasteiger partial charge >= 0.3 is 11.9 Å². The number of methoxy groups -OCH3 is 2. The highest BCUT2D eigenvalue weighted by Crippen LogP contribution is 2.44. The van der Waals surface area contributed by atoms with Gasteiger partial charge in [-0.15, -0.1) is 0 Å². The van der Waals surface area contributed by atoms with Crippen LogP contribution in [0.1, 0.15) is 34.5 Å². The maximum absolute atomic E-state index is 13.5. The number of Topliss-reactive ketones (excluding diaryl/α,β-unsaturated/α-hetero) is 1. The largest absolute Gasteiger partial charge is 0.507 e. The second-order valence-corrected chi connectivity index (χ2v) is 9.58. The highest BCUT2D eigenvalue weighted by Gasteiger charge is 2.48. The molecule has 1 N–H and O–H groups in total. The average molecular weight is 545 g/mol. The first-order valence-corrected chi connectivity index (χ1v) is 12.8. The highest BCUT2D eigenvalue weighted by atomic mass is 32.1. The summed E-state index contributed by atoms with van der Waals surface area (Å²) in [5.74, 6) is -1.29. The molecule has 1 aromatic heterocycles. The van der Waals surface area contributed by atoms with E-state index in [4.69, 9.17) is 14.2 Å². The van der Waals surface area contributed by atoms with Crippen LogP contribution in [-0.2, 0) is 14.3 Å². The van der Waals surface area contributed by atoms with Crippen LogP contribution in [0.4, 0.5) is 5.13 Å². The molecule has 10 heteroatoms. The van der Waals surface area contributed by atoms with Gasteiger partial charge in [0, 0.05) is 5.56 Å². The van der Waals surface area contributed by atoms with E-state index in [0.717, 1.165) is 4.70 Å². The number of carbonyl (C=O) groups excluding carboxylic acids is 3. The number of benzene rings is 3. The number of hydrogen-bond acceptors (Lipinski definition) is 9. The summed E-state index contributed by atoms with van der Waals surface area (Å²) in [4.78, 5) is 44.8. The van der Waals surface area contributed by atoms with Crippen molar-refractivity contribution in [2.45, 2.75) is 13.0 Å². The molecule has 0 saturated carbocycles. The number of aliphatic hydroxyl groups excluding tert-OH is 1. The lowest BCUT2D eigenvalue weighted by atomic mass is 9.94. The fourth-order valence-electron chi connectivity index (χ4n) is 4.42. The number of ketones is 1. The number of ether oxygens (including phenoxy) is 3. The van der Waals surface area contributed by atoms with E-state index in [1.54, 1.807) is 73.8 Å². The zero-order chi connectivity index (χ0) is 27.7. The van der Waals surface area contributed by atoms with Gasteiger partial charge in [-0.05, 0) is 67.1 Å². The Morgan fingerprint density at radius 3 is 2.28 bits per heavy atom. The van der Waals surface area contributed by atoms with Crippen LogP contribution < -0.4 is 14.4 Å². The average Bonchev–Trinajstić information content (AvgIpc) is 3.50. The molecule has 1 atom stereocenters. The van der Waals surface area contributed by atoms with Crippen LogP contribution in [-0.4, -0.2) is 48.6 Å². The number of rotatable bonds is 7. The van der Waals surface area contributed by atoms with Crippen LogP contribution in [0.15, 0.2) is 72.3 Å². The number of thiazole rings is 1. The number of aliphatic hydroxyl groups is 1. The van der Waals surface area contributed by atoms with Gasteiger partial charge in [-0.3, -0.25) is 14.5 Å². The van der Waals surface area contributed by atoms with Crippen molar-refractivity contribution in [3.05, 3.63) is 89.0 Å². The molecule has 2 heterocycles. The van der Waals surface area contributed by atoms with E-state index in [1.807, 2.05) is 6.92 Å². The van der Waals surface area contributed by atoms with Gasteiger partial charge in [0.1, 0.15) is 17.3 Å². The van der Waals surface area contributed by atoms with Crippen molar-refractivity contribution in [2.75, 3.05) is 25.7 Å². The molecule has 1 fully saturated rings. The molecule has 9 nitrogen and oxygen atoms in total. The van der Waals surface area contributed by atoms with Crippen LogP contribution in [0.2, 0.25) is 0 Å². The van der Waals surface area contributed by atoms with Gasteiger partial charge in [0.2, 0.25) is 0 Å². The molecule has 4 aromatic rings. The molecule has 0 aliphatic carbocycles. The van der Waals surface area contributed by atoms with E-state index in [0.29, 0.717) is 40.3 Å². The van der Waals surface area contributed by atoms with Crippen molar-refractivity contribution in [1.29, 1.82) is 0 Å². The van der Waals surface area contributed by atoms with Gasteiger partial charge < -0.3 is 19.3 Å². The number of nitrogens with zero attached hydrogens (tertiary/aromatic N) is 2. The Labute approximate surface area is 227 Å². The van der Waals surface area contributed by atoms with E-state index in [-0.39, 0.29) is 16.5 Å². The Kier molecular flexibility index (Phi) is 7.03. The normalized spacial score (nSPS) is 16.5. The maximum Gasteiger partial charge on any atom is 0.337 e. The zero-order valence-corrected chi connectivity index (χ0v) is 22.2. The number of anilines is 1. The van der Waals surface area contributed by atoms with E-state index in [2.05, 4.69) is 4.98 Å². The third-order valence-electron chi connectivity index (χ3n) is 6.32.